The van der Waals surface area contributed by atoms with Gasteiger partial charge in [0.1, 0.15) is 18.0 Å². The summed E-state index contributed by atoms with van der Waals surface area (Å²) in [4.78, 5) is 32.4. The van der Waals surface area contributed by atoms with Crippen molar-refractivity contribution in [2.45, 2.75) is 6.42 Å². The Hall–Kier alpha value is -3.84. The second-order valence-corrected chi connectivity index (χ2v) is 7.71. The highest BCUT2D eigenvalue weighted by atomic mass is 35.5. The van der Waals surface area contributed by atoms with Gasteiger partial charge in [0.25, 0.3) is 0 Å². The molecule has 8 heteroatoms. The van der Waals surface area contributed by atoms with E-state index < -0.39 is 5.91 Å². The van der Waals surface area contributed by atoms with Crippen LogP contribution < -0.4 is 19.7 Å². The molecule has 0 radical (unpaired) electrons. The van der Waals surface area contributed by atoms with Crippen LogP contribution in [0.25, 0.3) is 0 Å². The Balaban J connectivity index is 1.60. The van der Waals surface area contributed by atoms with Crippen LogP contribution in [0.1, 0.15) is 12.0 Å². The molecule has 0 bridgehead atoms. The molecule has 1 aliphatic heterocycles. The molecule has 1 aliphatic rings. The van der Waals surface area contributed by atoms with Gasteiger partial charge >= 0.3 is 0 Å². The Morgan fingerprint density at radius 1 is 1.03 bits per heavy atom. The molecular formula is C25H22ClN3O4. The average Bonchev–Trinajstić information content (AvgIpc) is 2.96. The minimum absolute atomic E-state index is 0.0731. The van der Waals surface area contributed by atoms with E-state index >= 15 is 0 Å². The number of benzene rings is 3. The molecule has 0 aliphatic carbocycles. The molecule has 0 fully saturated rings. The van der Waals surface area contributed by atoms with E-state index in [1.807, 2.05) is 48.5 Å². The quantitative estimate of drug-likeness (QED) is 0.566. The highest BCUT2D eigenvalue weighted by Crippen LogP contribution is 2.36. The van der Waals surface area contributed by atoms with Crippen molar-refractivity contribution < 1.29 is 19.1 Å². The summed E-state index contributed by atoms with van der Waals surface area (Å²) in [6.07, 6.45) is 0.0731. The number of halogens is 1. The van der Waals surface area contributed by atoms with E-state index in [2.05, 4.69) is 5.32 Å². The molecule has 0 saturated carbocycles. The van der Waals surface area contributed by atoms with Gasteiger partial charge < -0.3 is 19.7 Å². The predicted molar refractivity (Wildman–Crippen MR) is 129 cm³/mol. The molecule has 0 unspecified atom stereocenters. The van der Waals surface area contributed by atoms with Crippen molar-refractivity contribution in [2.24, 2.45) is 4.99 Å². The van der Waals surface area contributed by atoms with Crippen LogP contribution in [0.4, 0.5) is 17.1 Å². The van der Waals surface area contributed by atoms with E-state index in [1.54, 1.807) is 18.2 Å². The van der Waals surface area contributed by atoms with Crippen LogP contribution in [0.3, 0.4) is 0 Å². The maximum absolute atomic E-state index is 13.2. The number of methoxy groups -OCH3 is 2. The fourth-order valence-corrected chi connectivity index (χ4v) is 3.85. The van der Waals surface area contributed by atoms with Crippen LogP contribution >= 0.6 is 11.6 Å². The molecule has 0 aromatic heterocycles. The van der Waals surface area contributed by atoms with E-state index in [4.69, 9.17) is 26.1 Å². The summed E-state index contributed by atoms with van der Waals surface area (Å²) in [7, 11) is 2.97. The summed E-state index contributed by atoms with van der Waals surface area (Å²) in [5.74, 6) is 0.189. The Morgan fingerprint density at radius 3 is 2.45 bits per heavy atom. The molecule has 1 heterocycles. The molecule has 2 amide bonds. The lowest BCUT2D eigenvalue weighted by molar-refractivity contribution is -0.120. The topological polar surface area (TPSA) is 80.2 Å². The second-order valence-electron chi connectivity index (χ2n) is 7.31. The second kappa shape index (κ2) is 9.75. The molecule has 3 aromatic rings. The van der Waals surface area contributed by atoms with Gasteiger partial charge in [-0.2, -0.15) is 0 Å². The van der Waals surface area contributed by atoms with Gasteiger partial charge in [0.2, 0.25) is 11.8 Å². The zero-order valence-electron chi connectivity index (χ0n) is 18.2. The predicted octanol–water partition coefficient (Wildman–Crippen LogP) is 4.85. The molecule has 168 valence electrons. The maximum Gasteiger partial charge on any atom is 0.244 e. The zero-order valence-corrected chi connectivity index (χ0v) is 18.9. The summed E-state index contributed by atoms with van der Waals surface area (Å²) in [6, 6.07) is 19.9. The smallest absolute Gasteiger partial charge is 0.244 e. The first-order valence-electron chi connectivity index (χ1n) is 10.2. The van der Waals surface area contributed by atoms with E-state index in [0.717, 1.165) is 5.56 Å². The number of aliphatic imine (C=N–C) groups is 1. The number of ether oxygens (including phenoxy) is 2. The summed E-state index contributed by atoms with van der Waals surface area (Å²) in [5.41, 5.74) is 3.09. The number of hydrogen-bond acceptors (Lipinski definition) is 5. The summed E-state index contributed by atoms with van der Waals surface area (Å²) in [6.45, 7) is -0.194. The van der Waals surface area contributed by atoms with Crippen LogP contribution in [0.2, 0.25) is 5.02 Å². The van der Waals surface area contributed by atoms with Gasteiger partial charge in [-0.05, 0) is 23.8 Å². The third kappa shape index (κ3) is 4.83. The summed E-state index contributed by atoms with van der Waals surface area (Å²) < 4.78 is 10.5. The monoisotopic (exact) mass is 463 g/mol. The van der Waals surface area contributed by atoms with Crippen molar-refractivity contribution in [1.29, 1.82) is 0 Å². The number of nitrogens with one attached hydrogen (secondary N) is 1. The number of anilines is 2. The number of nitrogens with zero attached hydrogens (tertiary/aromatic N) is 2. The third-order valence-electron chi connectivity index (χ3n) is 5.20. The molecular weight excluding hydrogens is 442 g/mol. The van der Waals surface area contributed by atoms with Gasteiger partial charge in [0.15, 0.2) is 0 Å². The molecule has 33 heavy (non-hydrogen) atoms. The normalized spacial score (nSPS) is 13.0. The van der Waals surface area contributed by atoms with Crippen molar-refractivity contribution in [2.75, 3.05) is 31.0 Å². The average molecular weight is 464 g/mol. The van der Waals surface area contributed by atoms with Crippen molar-refractivity contribution in [3.8, 4) is 11.5 Å². The molecule has 4 rings (SSSR count). The van der Waals surface area contributed by atoms with Gasteiger partial charge in [0.05, 0.1) is 48.4 Å². The van der Waals surface area contributed by atoms with Crippen LogP contribution in [-0.4, -0.2) is 38.3 Å². The summed E-state index contributed by atoms with van der Waals surface area (Å²) in [5, 5.41) is 3.11. The van der Waals surface area contributed by atoms with Crippen LogP contribution in [0, 0.1) is 0 Å². The molecule has 3 aromatic carbocycles. The van der Waals surface area contributed by atoms with Crippen LogP contribution in [0.15, 0.2) is 71.7 Å². The zero-order chi connectivity index (χ0) is 23.4. The van der Waals surface area contributed by atoms with Crippen molar-refractivity contribution >= 4 is 46.2 Å². The number of fused-ring (bicyclic) bond motifs is 1. The lowest BCUT2D eigenvalue weighted by Crippen LogP contribution is -2.38. The van der Waals surface area contributed by atoms with E-state index in [1.165, 1.54) is 19.1 Å². The van der Waals surface area contributed by atoms with Crippen LogP contribution in [0.5, 0.6) is 11.5 Å². The molecule has 7 nitrogen and oxygen atoms in total. The molecule has 1 N–H and O–H groups in total. The number of carbonyl (C=O) groups is 2. The Morgan fingerprint density at radius 2 is 1.73 bits per heavy atom. The third-order valence-corrected chi connectivity index (χ3v) is 5.50. The van der Waals surface area contributed by atoms with E-state index in [9.17, 15) is 9.59 Å². The lowest BCUT2D eigenvalue weighted by Gasteiger charge is -2.22. The molecule has 0 atom stereocenters. The molecule has 0 saturated heterocycles. The van der Waals surface area contributed by atoms with Gasteiger partial charge in [-0.25, -0.2) is 0 Å². The molecule has 0 spiro atoms. The highest BCUT2D eigenvalue weighted by Gasteiger charge is 2.27. The number of hydrogen-bond donors (Lipinski definition) is 1. The van der Waals surface area contributed by atoms with Gasteiger partial charge in [0, 0.05) is 6.07 Å². The SMILES string of the molecule is COc1cc(OC)c(NC(=O)CN2C(=O)CC(c3ccccc3)=Nc3ccccc32)cc1Cl. The van der Waals surface area contributed by atoms with Crippen molar-refractivity contribution in [1.82, 2.24) is 0 Å². The van der Waals surface area contributed by atoms with Gasteiger partial charge in [-0.15, -0.1) is 0 Å². The minimum Gasteiger partial charge on any atom is -0.495 e. The number of carbonyl (C=O) groups excluding carboxylic acids is 2. The van der Waals surface area contributed by atoms with E-state index in [0.29, 0.717) is 39.3 Å². The Labute approximate surface area is 196 Å². The van der Waals surface area contributed by atoms with Gasteiger partial charge in [-0.3, -0.25) is 14.6 Å². The Kier molecular flexibility index (Phi) is 6.60. The van der Waals surface area contributed by atoms with Crippen molar-refractivity contribution in [3.05, 3.63) is 77.3 Å². The number of rotatable bonds is 6. The Bertz CT molecular complexity index is 1230. The number of para-hydroxylation sites is 2. The van der Waals surface area contributed by atoms with E-state index in [-0.39, 0.29) is 18.9 Å². The summed E-state index contributed by atoms with van der Waals surface area (Å²) >= 11 is 6.21. The number of amides is 2. The fraction of sp³-hybridized carbons (Fsp3) is 0.160. The minimum atomic E-state index is -0.402. The van der Waals surface area contributed by atoms with Crippen molar-refractivity contribution in [3.63, 3.8) is 0 Å². The lowest BCUT2D eigenvalue weighted by atomic mass is 10.1. The maximum atomic E-state index is 13.2. The first-order chi connectivity index (χ1) is 16.0. The standard InChI is InChI=1S/C25H22ClN3O4/c1-32-22-14-23(33-2)20(12-17(22)26)28-24(30)15-29-21-11-7-6-10-18(21)27-19(13-25(29)31)16-8-4-3-5-9-16/h3-12,14H,13,15H2,1-2H3,(H,28,30). The first-order valence-corrected chi connectivity index (χ1v) is 10.6. The highest BCUT2D eigenvalue weighted by molar-refractivity contribution is 6.32. The largest absolute Gasteiger partial charge is 0.495 e. The van der Waals surface area contributed by atoms with Gasteiger partial charge in [-0.1, -0.05) is 54.1 Å². The fourth-order valence-electron chi connectivity index (χ4n) is 3.61. The first kappa shape index (κ1) is 22.4. The van der Waals surface area contributed by atoms with Crippen LogP contribution in [-0.2, 0) is 9.59 Å².